The Morgan fingerprint density at radius 3 is 2.12 bits per heavy atom. The summed E-state index contributed by atoms with van der Waals surface area (Å²) in [5, 5.41) is 2.78. The van der Waals surface area contributed by atoms with Crippen molar-refractivity contribution in [3.05, 3.63) is 89.3 Å². The topological polar surface area (TPSA) is 102 Å². The van der Waals surface area contributed by atoms with Crippen LogP contribution in [0.4, 0.5) is 11.4 Å². The number of aromatic nitrogens is 2. The van der Waals surface area contributed by atoms with Crippen LogP contribution in [0.3, 0.4) is 0 Å². The molecular weight excluding hydrogens is 452 g/mol. The minimum absolute atomic E-state index is 0.0972. The van der Waals surface area contributed by atoms with Gasteiger partial charge in [-0.2, -0.15) is 0 Å². The molecule has 1 aromatic heterocycles. The largest absolute Gasteiger partial charge is 0.329 e. The predicted molar refractivity (Wildman–Crippen MR) is 133 cm³/mol. The minimum atomic E-state index is -3.74. The molecule has 0 saturated carbocycles. The van der Waals surface area contributed by atoms with Gasteiger partial charge in [-0.25, -0.2) is 13.2 Å². The van der Waals surface area contributed by atoms with E-state index < -0.39 is 10.0 Å². The highest BCUT2D eigenvalue weighted by atomic mass is 32.2. The number of nitrogens with zero attached hydrogens (tertiary/aromatic N) is 2. The van der Waals surface area contributed by atoms with Crippen LogP contribution >= 0.6 is 0 Å². The molecule has 0 aliphatic carbocycles. The number of fused-ring (bicyclic) bond motifs is 1. The van der Waals surface area contributed by atoms with E-state index in [2.05, 4.69) is 10.0 Å². The van der Waals surface area contributed by atoms with Crippen molar-refractivity contribution >= 4 is 38.3 Å². The van der Waals surface area contributed by atoms with Crippen LogP contribution in [0.15, 0.2) is 88.6 Å². The van der Waals surface area contributed by atoms with E-state index in [1.165, 1.54) is 12.1 Å². The predicted octanol–water partition coefficient (Wildman–Crippen LogP) is 4.04. The maximum absolute atomic E-state index is 12.9. The van der Waals surface area contributed by atoms with Crippen LogP contribution in [0.25, 0.3) is 11.0 Å². The maximum atomic E-state index is 12.9. The molecular formula is C25H26N4O4S. The number of carbonyl (C=O) groups excluding carboxylic acids is 1. The monoisotopic (exact) mass is 478 g/mol. The minimum Gasteiger partial charge on any atom is -0.326 e. The fourth-order valence-electron chi connectivity index (χ4n) is 3.84. The second kappa shape index (κ2) is 9.96. The molecule has 0 spiro atoms. The average Bonchev–Trinajstić information content (AvgIpc) is 3.09. The Hall–Kier alpha value is -3.85. The summed E-state index contributed by atoms with van der Waals surface area (Å²) in [4.78, 5) is 25.6. The number of nitrogens with one attached hydrogen (secondary N) is 2. The van der Waals surface area contributed by atoms with Crippen molar-refractivity contribution in [1.29, 1.82) is 0 Å². The molecule has 1 amide bonds. The van der Waals surface area contributed by atoms with Crippen LogP contribution in [0.2, 0.25) is 0 Å². The Morgan fingerprint density at radius 1 is 0.824 bits per heavy atom. The number of rotatable bonds is 9. The van der Waals surface area contributed by atoms with Crippen molar-refractivity contribution in [1.82, 2.24) is 9.13 Å². The quantitative estimate of drug-likeness (QED) is 0.379. The first-order chi connectivity index (χ1) is 16.4. The van der Waals surface area contributed by atoms with Crippen LogP contribution in [0.1, 0.15) is 19.8 Å². The fourth-order valence-corrected chi connectivity index (χ4v) is 4.91. The molecule has 0 fully saturated rings. The second-order valence-electron chi connectivity index (χ2n) is 7.87. The van der Waals surface area contributed by atoms with E-state index in [0.29, 0.717) is 17.9 Å². The molecule has 0 unspecified atom stereocenters. The van der Waals surface area contributed by atoms with Gasteiger partial charge in [-0.05, 0) is 48.9 Å². The molecule has 0 aliphatic heterocycles. The van der Waals surface area contributed by atoms with Crippen molar-refractivity contribution in [3.8, 4) is 0 Å². The zero-order chi connectivity index (χ0) is 24.1. The van der Waals surface area contributed by atoms with Gasteiger partial charge >= 0.3 is 5.69 Å². The van der Waals surface area contributed by atoms with E-state index in [-0.39, 0.29) is 29.5 Å². The Bertz CT molecular complexity index is 1470. The van der Waals surface area contributed by atoms with Crippen LogP contribution in [0.5, 0.6) is 0 Å². The van der Waals surface area contributed by atoms with Gasteiger partial charge in [0, 0.05) is 25.2 Å². The Labute approximate surface area is 197 Å². The summed E-state index contributed by atoms with van der Waals surface area (Å²) < 4.78 is 31.0. The van der Waals surface area contributed by atoms with Gasteiger partial charge in [0.05, 0.1) is 21.6 Å². The molecule has 0 atom stereocenters. The third-order valence-electron chi connectivity index (χ3n) is 5.39. The molecule has 4 aromatic rings. The normalized spacial score (nSPS) is 11.4. The van der Waals surface area contributed by atoms with Crippen molar-refractivity contribution in [3.63, 3.8) is 0 Å². The number of para-hydroxylation sites is 2. The molecule has 8 nitrogen and oxygen atoms in total. The molecule has 1 heterocycles. The van der Waals surface area contributed by atoms with Crippen molar-refractivity contribution in [2.75, 3.05) is 10.0 Å². The Morgan fingerprint density at radius 2 is 1.44 bits per heavy atom. The molecule has 3 aromatic carbocycles. The number of anilines is 2. The number of amides is 1. The summed E-state index contributed by atoms with van der Waals surface area (Å²) in [5.74, 6) is -0.276. The first kappa shape index (κ1) is 23.3. The standard InChI is InChI=1S/C25H26N4O4S/c1-2-16-28-22-13-6-7-14-23(22)29(25(28)31)17-15-24(30)26-19-9-8-10-20(18-19)27-34(32,33)21-11-4-3-5-12-21/h3-14,18,27H,2,15-17H2,1H3,(H,26,30). The summed E-state index contributed by atoms with van der Waals surface area (Å²) in [6.07, 6.45) is 0.929. The summed E-state index contributed by atoms with van der Waals surface area (Å²) in [7, 11) is -3.74. The highest BCUT2D eigenvalue weighted by Gasteiger charge is 2.15. The Kier molecular flexibility index (Phi) is 6.83. The lowest BCUT2D eigenvalue weighted by atomic mass is 10.2. The third kappa shape index (κ3) is 5.04. The molecule has 0 saturated heterocycles. The number of benzene rings is 3. The van der Waals surface area contributed by atoms with Crippen molar-refractivity contribution in [2.45, 2.75) is 37.8 Å². The number of imidazole rings is 1. The molecule has 0 aliphatic rings. The van der Waals surface area contributed by atoms with Crippen LogP contribution in [0, 0.1) is 0 Å². The highest BCUT2D eigenvalue weighted by molar-refractivity contribution is 7.92. The van der Waals surface area contributed by atoms with Crippen molar-refractivity contribution < 1.29 is 13.2 Å². The molecule has 0 bridgehead atoms. The SMILES string of the molecule is CCCn1c(=O)n(CCC(=O)Nc2cccc(NS(=O)(=O)c3ccccc3)c2)c2ccccc21. The lowest BCUT2D eigenvalue weighted by molar-refractivity contribution is -0.116. The van der Waals surface area contributed by atoms with Gasteiger partial charge in [-0.1, -0.05) is 43.3 Å². The molecule has 2 N–H and O–H groups in total. The van der Waals surface area contributed by atoms with Gasteiger partial charge in [-0.15, -0.1) is 0 Å². The van der Waals surface area contributed by atoms with E-state index >= 15 is 0 Å². The molecule has 0 radical (unpaired) electrons. The van der Waals surface area contributed by atoms with E-state index in [0.717, 1.165) is 17.5 Å². The van der Waals surface area contributed by atoms with E-state index in [1.807, 2.05) is 31.2 Å². The zero-order valence-corrected chi connectivity index (χ0v) is 19.6. The van der Waals surface area contributed by atoms with Gasteiger partial charge < -0.3 is 5.32 Å². The van der Waals surface area contributed by atoms with Gasteiger partial charge in [0.2, 0.25) is 5.91 Å². The van der Waals surface area contributed by atoms with E-state index in [9.17, 15) is 18.0 Å². The number of hydrogen-bond acceptors (Lipinski definition) is 4. The Balaban J connectivity index is 1.45. The summed E-state index contributed by atoms with van der Waals surface area (Å²) in [6, 6.07) is 22.1. The van der Waals surface area contributed by atoms with Gasteiger partial charge in [0.25, 0.3) is 10.0 Å². The average molecular weight is 479 g/mol. The summed E-state index contributed by atoms with van der Waals surface area (Å²) >= 11 is 0. The van der Waals surface area contributed by atoms with E-state index in [4.69, 9.17) is 0 Å². The summed E-state index contributed by atoms with van der Waals surface area (Å²) in [6.45, 7) is 2.87. The molecule has 34 heavy (non-hydrogen) atoms. The molecule has 9 heteroatoms. The number of aryl methyl sites for hydroxylation is 2. The number of carbonyl (C=O) groups is 1. The number of hydrogen-bond donors (Lipinski definition) is 2. The van der Waals surface area contributed by atoms with Gasteiger partial charge in [0.15, 0.2) is 0 Å². The first-order valence-electron chi connectivity index (χ1n) is 11.0. The van der Waals surface area contributed by atoms with Gasteiger partial charge in [-0.3, -0.25) is 18.7 Å². The highest BCUT2D eigenvalue weighted by Crippen LogP contribution is 2.20. The van der Waals surface area contributed by atoms with Gasteiger partial charge in [0.1, 0.15) is 0 Å². The lowest BCUT2D eigenvalue weighted by Crippen LogP contribution is -2.26. The molecule has 4 rings (SSSR count). The van der Waals surface area contributed by atoms with Crippen LogP contribution < -0.4 is 15.7 Å². The fraction of sp³-hybridized carbons (Fsp3) is 0.200. The molecule has 176 valence electrons. The van der Waals surface area contributed by atoms with Crippen LogP contribution in [-0.2, 0) is 27.9 Å². The first-order valence-corrected chi connectivity index (χ1v) is 12.5. The maximum Gasteiger partial charge on any atom is 0.329 e. The van der Waals surface area contributed by atoms with E-state index in [1.54, 1.807) is 51.6 Å². The lowest BCUT2D eigenvalue weighted by Gasteiger charge is -2.10. The summed E-state index contributed by atoms with van der Waals surface area (Å²) in [5.41, 5.74) is 2.31. The second-order valence-corrected chi connectivity index (χ2v) is 9.55. The van der Waals surface area contributed by atoms with Crippen LogP contribution in [-0.4, -0.2) is 23.5 Å². The number of sulfonamides is 1. The smallest absolute Gasteiger partial charge is 0.326 e. The third-order valence-corrected chi connectivity index (χ3v) is 6.78. The zero-order valence-electron chi connectivity index (χ0n) is 18.8. The van der Waals surface area contributed by atoms with Crippen molar-refractivity contribution in [2.24, 2.45) is 0 Å².